The van der Waals surface area contributed by atoms with Crippen molar-refractivity contribution in [2.45, 2.75) is 31.7 Å². The van der Waals surface area contributed by atoms with Gasteiger partial charge in [0.2, 0.25) is 10.0 Å². The zero-order valence-electron chi connectivity index (χ0n) is 12.5. The minimum Gasteiger partial charge on any atom is -0.394 e. The molecule has 1 aromatic carbocycles. The number of hydrogen-bond acceptors (Lipinski definition) is 4. The molecule has 21 heavy (non-hydrogen) atoms. The number of sulfonamides is 1. The van der Waals surface area contributed by atoms with Crippen molar-refractivity contribution in [1.82, 2.24) is 10.0 Å². The van der Waals surface area contributed by atoms with Gasteiger partial charge in [0.05, 0.1) is 17.5 Å². The summed E-state index contributed by atoms with van der Waals surface area (Å²) in [4.78, 5) is 12.1. The quantitative estimate of drug-likeness (QED) is 0.691. The molecule has 6 nitrogen and oxygen atoms in total. The zero-order valence-corrected chi connectivity index (χ0v) is 13.3. The molecule has 0 bridgehead atoms. The summed E-state index contributed by atoms with van der Waals surface area (Å²) < 4.78 is 25.9. The first-order valence-electron chi connectivity index (χ1n) is 6.83. The van der Waals surface area contributed by atoms with Crippen LogP contribution in [0.5, 0.6) is 0 Å². The maximum absolute atomic E-state index is 12.0. The Kier molecular flexibility index (Phi) is 6.32. The Labute approximate surface area is 125 Å². The van der Waals surface area contributed by atoms with Gasteiger partial charge in [0.15, 0.2) is 0 Å². The van der Waals surface area contributed by atoms with Crippen molar-refractivity contribution in [3.63, 3.8) is 0 Å². The fraction of sp³-hybridized carbons (Fsp3) is 0.500. The SMILES string of the molecule is CCNS(=O)(=O)c1ccc(C(=O)NC(CO)C(C)C)cc1. The highest BCUT2D eigenvalue weighted by Gasteiger charge is 2.17. The summed E-state index contributed by atoms with van der Waals surface area (Å²) in [6, 6.07) is 5.34. The molecular formula is C14H22N2O4S. The van der Waals surface area contributed by atoms with Crippen molar-refractivity contribution in [3.8, 4) is 0 Å². The first-order chi connectivity index (χ1) is 9.81. The molecule has 7 heteroatoms. The lowest BCUT2D eigenvalue weighted by Gasteiger charge is -2.19. The van der Waals surface area contributed by atoms with E-state index in [1.165, 1.54) is 24.3 Å². The molecule has 118 valence electrons. The summed E-state index contributed by atoms with van der Waals surface area (Å²) in [6.45, 7) is 5.65. The first kappa shape index (κ1) is 17.6. The van der Waals surface area contributed by atoms with Crippen molar-refractivity contribution >= 4 is 15.9 Å². The first-order valence-corrected chi connectivity index (χ1v) is 8.31. The Morgan fingerprint density at radius 1 is 1.24 bits per heavy atom. The van der Waals surface area contributed by atoms with Crippen LogP contribution in [0.15, 0.2) is 29.2 Å². The van der Waals surface area contributed by atoms with Gasteiger partial charge in [-0.05, 0) is 30.2 Å². The van der Waals surface area contributed by atoms with E-state index < -0.39 is 10.0 Å². The van der Waals surface area contributed by atoms with E-state index in [4.69, 9.17) is 0 Å². The molecule has 0 radical (unpaired) electrons. The van der Waals surface area contributed by atoms with Crippen LogP contribution in [-0.4, -0.2) is 38.6 Å². The molecule has 1 unspecified atom stereocenters. The molecule has 1 amide bonds. The zero-order chi connectivity index (χ0) is 16.0. The second-order valence-corrected chi connectivity index (χ2v) is 6.80. The van der Waals surface area contributed by atoms with Gasteiger partial charge in [0, 0.05) is 12.1 Å². The summed E-state index contributed by atoms with van der Waals surface area (Å²) in [5.41, 5.74) is 0.351. The third-order valence-electron chi connectivity index (χ3n) is 3.08. The molecule has 0 aliphatic heterocycles. The predicted octanol–water partition coefficient (Wildman–Crippen LogP) is 0.731. The number of aliphatic hydroxyl groups is 1. The second kappa shape index (κ2) is 7.53. The summed E-state index contributed by atoms with van der Waals surface area (Å²) in [7, 11) is -3.52. The van der Waals surface area contributed by atoms with Gasteiger partial charge in [-0.15, -0.1) is 0 Å². The number of hydrogen-bond donors (Lipinski definition) is 3. The average molecular weight is 314 g/mol. The number of nitrogens with one attached hydrogen (secondary N) is 2. The van der Waals surface area contributed by atoms with Crippen molar-refractivity contribution in [1.29, 1.82) is 0 Å². The molecule has 0 aliphatic carbocycles. The lowest BCUT2D eigenvalue weighted by atomic mass is 10.0. The number of carbonyl (C=O) groups is 1. The maximum Gasteiger partial charge on any atom is 0.251 e. The van der Waals surface area contributed by atoms with Crippen LogP contribution in [0.4, 0.5) is 0 Å². The summed E-state index contributed by atoms with van der Waals surface area (Å²) in [5, 5.41) is 11.9. The summed E-state index contributed by atoms with van der Waals surface area (Å²) in [5.74, 6) is -0.234. The van der Waals surface area contributed by atoms with Gasteiger partial charge in [0.1, 0.15) is 0 Å². The number of aliphatic hydroxyl groups excluding tert-OH is 1. The van der Waals surface area contributed by atoms with Crippen LogP contribution in [-0.2, 0) is 10.0 Å². The smallest absolute Gasteiger partial charge is 0.251 e. The van der Waals surface area contributed by atoms with E-state index in [1.807, 2.05) is 13.8 Å². The van der Waals surface area contributed by atoms with Crippen LogP contribution in [0, 0.1) is 5.92 Å². The van der Waals surface area contributed by atoms with E-state index in [1.54, 1.807) is 6.92 Å². The lowest BCUT2D eigenvalue weighted by Crippen LogP contribution is -2.41. The largest absolute Gasteiger partial charge is 0.394 e. The molecule has 0 aromatic heterocycles. The molecule has 1 aromatic rings. The molecule has 0 heterocycles. The fourth-order valence-electron chi connectivity index (χ4n) is 1.73. The molecule has 1 atom stereocenters. The van der Waals surface area contributed by atoms with Crippen molar-refractivity contribution in [3.05, 3.63) is 29.8 Å². The van der Waals surface area contributed by atoms with Gasteiger partial charge in [-0.2, -0.15) is 0 Å². The van der Waals surface area contributed by atoms with Gasteiger partial charge < -0.3 is 10.4 Å². The highest BCUT2D eigenvalue weighted by Crippen LogP contribution is 2.11. The van der Waals surface area contributed by atoms with E-state index in [0.717, 1.165) is 0 Å². The number of amides is 1. The summed E-state index contributed by atoms with van der Waals surface area (Å²) >= 11 is 0. The van der Waals surface area contributed by atoms with Crippen molar-refractivity contribution in [2.24, 2.45) is 5.92 Å². The molecule has 3 N–H and O–H groups in total. The molecule has 0 fully saturated rings. The van der Waals surface area contributed by atoms with Crippen LogP contribution in [0.2, 0.25) is 0 Å². The topological polar surface area (TPSA) is 95.5 Å². The molecule has 1 rings (SSSR count). The highest BCUT2D eigenvalue weighted by molar-refractivity contribution is 7.89. The van der Waals surface area contributed by atoms with Gasteiger partial charge >= 0.3 is 0 Å². The maximum atomic E-state index is 12.0. The van der Waals surface area contributed by atoms with Gasteiger partial charge in [-0.3, -0.25) is 4.79 Å². The van der Waals surface area contributed by atoms with E-state index in [-0.39, 0.29) is 29.4 Å². The average Bonchev–Trinajstić information content (AvgIpc) is 2.44. The Morgan fingerprint density at radius 3 is 2.24 bits per heavy atom. The second-order valence-electron chi connectivity index (χ2n) is 5.03. The van der Waals surface area contributed by atoms with Crippen molar-refractivity contribution < 1.29 is 18.3 Å². The van der Waals surface area contributed by atoms with Crippen LogP contribution in [0.25, 0.3) is 0 Å². The van der Waals surface area contributed by atoms with Gasteiger partial charge in [-0.25, -0.2) is 13.1 Å². The fourth-order valence-corrected chi connectivity index (χ4v) is 2.77. The van der Waals surface area contributed by atoms with E-state index in [2.05, 4.69) is 10.0 Å². The highest BCUT2D eigenvalue weighted by atomic mass is 32.2. The monoisotopic (exact) mass is 314 g/mol. The van der Waals surface area contributed by atoms with E-state index in [0.29, 0.717) is 12.1 Å². The molecular weight excluding hydrogens is 292 g/mol. The van der Waals surface area contributed by atoms with Gasteiger partial charge in [-0.1, -0.05) is 20.8 Å². The van der Waals surface area contributed by atoms with Crippen LogP contribution in [0.1, 0.15) is 31.1 Å². The standard InChI is InChI=1S/C14H22N2O4S/c1-4-15-21(19,20)12-7-5-11(6-8-12)14(18)16-13(9-17)10(2)3/h5-8,10,13,15,17H,4,9H2,1-3H3,(H,16,18). The normalized spacial score (nSPS) is 13.2. The third kappa shape index (κ3) is 4.80. The molecule has 0 spiro atoms. The number of rotatable bonds is 7. The molecule has 0 saturated heterocycles. The van der Waals surface area contributed by atoms with Crippen LogP contribution in [0.3, 0.4) is 0 Å². The van der Waals surface area contributed by atoms with Crippen molar-refractivity contribution in [2.75, 3.05) is 13.2 Å². The Hall–Kier alpha value is -1.44. The van der Waals surface area contributed by atoms with E-state index >= 15 is 0 Å². The number of carbonyl (C=O) groups excluding carboxylic acids is 1. The van der Waals surface area contributed by atoms with Gasteiger partial charge in [0.25, 0.3) is 5.91 Å². The Balaban J connectivity index is 2.85. The number of benzene rings is 1. The minimum atomic E-state index is -3.52. The summed E-state index contributed by atoms with van der Waals surface area (Å²) in [6.07, 6.45) is 0. The van der Waals surface area contributed by atoms with Crippen LogP contribution >= 0.6 is 0 Å². The minimum absolute atomic E-state index is 0.104. The third-order valence-corrected chi connectivity index (χ3v) is 4.64. The predicted molar refractivity (Wildman–Crippen MR) is 80.5 cm³/mol. The Bertz CT molecular complexity index is 567. The molecule has 0 aliphatic rings. The van der Waals surface area contributed by atoms with Crippen LogP contribution < -0.4 is 10.0 Å². The Morgan fingerprint density at radius 2 is 1.81 bits per heavy atom. The lowest BCUT2D eigenvalue weighted by molar-refractivity contribution is 0.0897. The molecule has 0 saturated carbocycles. The van der Waals surface area contributed by atoms with E-state index in [9.17, 15) is 18.3 Å².